The maximum atomic E-state index is 4.16. The Morgan fingerprint density at radius 3 is 2.91 bits per heavy atom. The van der Waals surface area contributed by atoms with Gasteiger partial charge in [0, 0.05) is 12.1 Å². The van der Waals surface area contributed by atoms with Crippen LogP contribution in [0.5, 0.6) is 0 Å². The van der Waals surface area contributed by atoms with Crippen LogP contribution < -0.4 is 0 Å². The van der Waals surface area contributed by atoms with Gasteiger partial charge in [0.25, 0.3) is 0 Å². The summed E-state index contributed by atoms with van der Waals surface area (Å²) in [4.78, 5) is 8.01. The second kappa shape index (κ2) is 2.61. The lowest BCUT2D eigenvalue weighted by atomic mass is 9.81. The first-order valence-corrected chi connectivity index (χ1v) is 4.07. The van der Waals surface area contributed by atoms with E-state index in [4.69, 9.17) is 0 Å². The summed E-state index contributed by atoms with van der Waals surface area (Å²) in [7, 11) is 0. The third-order valence-corrected chi connectivity index (χ3v) is 2.38. The van der Waals surface area contributed by atoms with E-state index in [9.17, 15) is 0 Å². The van der Waals surface area contributed by atoms with E-state index >= 15 is 0 Å². The van der Waals surface area contributed by atoms with Gasteiger partial charge in [-0.25, -0.2) is 9.97 Å². The monoisotopic (exact) mass is 147 g/mol. The zero-order valence-corrected chi connectivity index (χ0v) is 6.67. The first kappa shape index (κ1) is 6.77. The maximum absolute atomic E-state index is 4.16. The summed E-state index contributed by atoms with van der Waals surface area (Å²) in [6, 6.07) is 0. The summed E-state index contributed by atoms with van der Waals surface area (Å²) >= 11 is 0. The van der Waals surface area contributed by atoms with Crippen LogP contribution in [-0.4, -0.2) is 9.97 Å². The number of aryl methyl sites for hydroxylation is 1. The van der Waals surface area contributed by atoms with Crippen molar-refractivity contribution in [1.82, 2.24) is 9.97 Å². The number of hydrogen-bond donors (Lipinski definition) is 0. The molecule has 1 aromatic heterocycles. The van der Waals surface area contributed by atoms with Crippen molar-refractivity contribution in [2.75, 3.05) is 0 Å². The molecule has 57 valence electrons. The summed E-state index contributed by atoms with van der Waals surface area (Å²) in [5.41, 5.74) is 2.43. The van der Waals surface area contributed by atoms with Gasteiger partial charge in [-0.1, -0.05) is 6.42 Å². The molecule has 0 saturated heterocycles. The highest BCUT2D eigenvalue weighted by Gasteiger charge is 2.21. The molecule has 2 rings (SSSR count). The topological polar surface area (TPSA) is 25.8 Å². The molecule has 11 heavy (non-hydrogen) atoms. The van der Waals surface area contributed by atoms with Crippen LogP contribution in [0.2, 0.25) is 0 Å². The Hall–Kier alpha value is -0.920. The average Bonchev–Trinajstić information content (AvgIpc) is 1.90. The Morgan fingerprint density at radius 2 is 2.36 bits per heavy atom. The first-order chi connectivity index (χ1) is 5.38. The van der Waals surface area contributed by atoms with Crippen LogP contribution in [0.25, 0.3) is 0 Å². The molecular formula is C9H11N2. The lowest BCUT2D eigenvalue weighted by molar-refractivity contribution is 0.408. The van der Waals surface area contributed by atoms with Crippen molar-refractivity contribution in [2.24, 2.45) is 0 Å². The fraction of sp³-hybridized carbons (Fsp3) is 0.556. The number of aromatic nitrogens is 2. The normalized spacial score (nSPS) is 17.9. The molecule has 1 aromatic rings. The largest absolute Gasteiger partial charge is 0.234 e. The molecule has 1 fully saturated rings. The van der Waals surface area contributed by atoms with Gasteiger partial charge >= 0.3 is 0 Å². The highest BCUT2D eigenvalue weighted by molar-refractivity contribution is 5.19. The lowest BCUT2D eigenvalue weighted by Gasteiger charge is -2.25. The van der Waals surface area contributed by atoms with Gasteiger partial charge in [-0.2, -0.15) is 0 Å². The molecule has 1 saturated carbocycles. The van der Waals surface area contributed by atoms with Gasteiger partial charge in [0.15, 0.2) is 6.33 Å². The molecule has 0 atom stereocenters. The molecule has 2 heteroatoms. The van der Waals surface area contributed by atoms with E-state index in [1.165, 1.54) is 30.5 Å². The van der Waals surface area contributed by atoms with Crippen LogP contribution in [0.15, 0.2) is 6.20 Å². The van der Waals surface area contributed by atoms with Crippen molar-refractivity contribution in [3.8, 4) is 0 Å². The van der Waals surface area contributed by atoms with Crippen molar-refractivity contribution in [3.63, 3.8) is 0 Å². The highest BCUT2D eigenvalue weighted by atomic mass is 14.8. The van der Waals surface area contributed by atoms with Gasteiger partial charge in [-0.15, -0.1) is 0 Å². The predicted molar refractivity (Wildman–Crippen MR) is 42.2 cm³/mol. The second-order valence-electron chi connectivity index (χ2n) is 3.17. The second-order valence-corrected chi connectivity index (χ2v) is 3.17. The van der Waals surface area contributed by atoms with E-state index in [2.05, 4.69) is 23.2 Å². The minimum absolute atomic E-state index is 0.703. The summed E-state index contributed by atoms with van der Waals surface area (Å²) in [5, 5.41) is 0. The zero-order valence-electron chi connectivity index (χ0n) is 6.67. The Kier molecular flexibility index (Phi) is 1.60. The van der Waals surface area contributed by atoms with E-state index < -0.39 is 0 Å². The molecule has 1 radical (unpaired) electrons. The maximum Gasteiger partial charge on any atom is 0.197 e. The van der Waals surface area contributed by atoms with Gasteiger partial charge in [0.2, 0.25) is 0 Å². The lowest BCUT2D eigenvalue weighted by Crippen LogP contribution is -2.12. The smallest absolute Gasteiger partial charge is 0.197 e. The fourth-order valence-corrected chi connectivity index (χ4v) is 1.46. The highest BCUT2D eigenvalue weighted by Crippen LogP contribution is 2.35. The number of rotatable bonds is 1. The summed E-state index contributed by atoms with van der Waals surface area (Å²) in [6.07, 6.45) is 8.45. The standard InChI is InChI=1S/C9H11N2/c1-7-5-10-6-11-9(7)8-3-2-4-8/h5,8H,2-4H2,1H3. The van der Waals surface area contributed by atoms with E-state index in [1.54, 1.807) is 0 Å². The van der Waals surface area contributed by atoms with Gasteiger partial charge in [0.05, 0.1) is 5.69 Å². The van der Waals surface area contributed by atoms with E-state index in [-0.39, 0.29) is 0 Å². The fourth-order valence-electron chi connectivity index (χ4n) is 1.46. The predicted octanol–water partition coefficient (Wildman–Crippen LogP) is 1.85. The van der Waals surface area contributed by atoms with Crippen LogP contribution in [-0.2, 0) is 0 Å². The molecule has 0 aliphatic heterocycles. The summed E-state index contributed by atoms with van der Waals surface area (Å²) in [5.74, 6) is 0.703. The van der Waals surface area contributed by atoms with E-state index in [0.29, 0.717) is 5.92 Å². The van der Waals surface area contributed by atoms with Crippen molar-refractivity contribution < 1.29 is 0 Å². The minimum Gasteiger partial charge on any atom is -0.234 e. The van der Waals surface area contributed by atoms with Gasteiger partial charge in [-0.3, -0.25) is 0 Å². The molecule has 0 spiro atoms. The molecule has 1 heterocycles. The van der Waals surface area contributed by atoms with Crippen LogP contribution in [0.1, 0.15) is 36.4 Å². The average molecular weight is 147 g/mol. The minimum atomic E-state index is 0.703. The van der Waals surface area contributed by atoms with Crippen LogP contribution in [0.3, 0.4) is 0 Å². The molecule has 0 bridgehead atoms. The molecular weight excluding hydrogens is 136 g/mol. The Balaban J connectivity index is 2.28. The third kappa shape index (κ3) is 1.13. The van der Waals surface area contributed by atoms with Crippen LogP contribution in [0.4, 0.5) is 0 Å². The van der Waals surface area contributed by atoms with Gasteiger partial charge < -0.3 is 0 Å². The van der Waals surface area contributed by atoms with Crippen molar-refractivity contribution >= 4 is 0 Å². The van der Waals surface area contributed by atoms with Gasteiger partial charge in [-0.05, 0) is 25.3 Å². The molecule has 0 N–H and O–H groups in total. The molecule has 2 nitrogen and oxygen atoms in total. The molecule has 1 aliphatic carbocycles. The quantitative estimate of drug-likeness (QED) is 0.605. The molecule has 0 unspecified atom stereocenters. The van der Waals surface area contributed by atoms with Crippen LogP contribution >= 0.6 is 0 Å². The van der Waals surface area contributed by atoms with Crippen molar-refractivity contribution in [1.29, 1.82) is 0 Å². The SMILES string of the molecule is Cc1cn[c]nc1C1CCC1. The molecule has 1 aliphatic rings. The van der Waals surface area contributed by atoms with Gasteiger partial charge in [0.1, 0.15) is 0 Å². The van der Waals surface area contributed by atoms with E-state index in [1.807, 2.05) is 6.20 Å². The first-order valence-electron chi connectivity index (χ1n) is 4.07. The molecule has 0 amide bonds. The number of hydrogen-bond acceptors (Lipinski definition) is 2. The van der Waals surface area contributed by atoms with Crippen LogP contribution in [0, 0.1) is 13.3 Å². The Morgan fingerprint density at radius 1 is 1.55 bits per heavy atom. The zero-order chi connectivity index (χ0) is 7.68. The summed E-state index contributed by atoms with van der Waals surface area (Å²) in [6.45, 7) is 2.07. The van der Waals surface area contributed by atoms with Crippen molar-refractivity contribution in [3.05, 3.63) is 23.8 Å². The van der Waals surface area contributed by atoms with Crippen molar-refractivity contribution in [2.45, 2.75) is 32.1 Å². The molecule has 0 aromatic carbocycles. The summed E-state index contributed by atoms with van der Waals surface area (Å²) < 4.78 is 0. The third-order valence-electron chi connectivity index (χ3n) is 2.38. The number of nitrogens with zero attached hydrogens (tertiary/aromatic N) is 2. The van der Waals surface area contributed by atoms with E-state index in [0.717, 1.165) is 0 Å². The Bertz CT molecular complexity index is 253. The Labute approximate surface area is 66.7 Å².